The molecule has 2 N–H and O–H groups in total. The average molecular weight is 541 g/mol. The van der Waals surface area contributed by atoms with Crippen molar-refractivity contribution in [2.24, 2.45) is 19.2 Å². The molecule has 0 aliphatic carbocycles. The van der Waals surface area contributed by atoms with E-state index in [9.17, 15) is 14.7 Å². The van der Waals surface area contributed by atoms with Crippen molar-refractivity contribution < 1.29 is 9.84 Å². The Labute approximate surface area is 209 Å². The van der Waals surface area contributed by atoms with Gasteiger partial charge in [0.1, 0.15) is 18.5 Å². The van der Waals surface area contributed by atoms with Gasteiger partial charge < -0.3 is 14.4 Å². The lowest BCUT2D eigenvalue weighted by Crippen LogP contribution is -2.38. The van der Waals surface area contributed by atoms with Crippen molar-refractivity contribution in [3.8, 4) is 5.75 Å². The Balaban J connectivity index is 1.66. The van der Waals surface area contributed by atoms with E-state index in [1.807, 2.05) is 55.5 Å². The Morgan fingerprint density at radius 2 is 1.86 bits per heavy atom. The van der Waals surface area contributed by atoms with Crippen LogP contribution in [0.3, 0.4) is 0 Å². The number of halogens is 1. The molecular weight excluding hydrogens is 516 g/mol. The highest BCUT2D eigenvalue weighted by Gasteiger charge is 2.21. The van der Waals surface area contributed by atoms with Crippen LogP contribution in [0.2, 0.25) is 0 Å². The molecule has 0 fully saturated rings. The lowest BCUT2D eigenvalue weighted by atomic mass is 10.2. The second-order valence-corrected chi connectivity index (χ2v) is 8.99. The van der Waals surface area contributed by atoms with Crippen LogP contribution in [0.15, 0.2) is 67.7 Å². The van der Waals surface area contributed by atoms with Crippen molar-refractivity contribution in [2.45, 2.75) is 19.6 Å². The van der Waals surface area contributed by atoms with Crippen LogP contribution in [0.1, 0.15) is 11.1 Å². The fourth-order valence-corrected chi connectivity index (χ4v) is 3.86. The van der Waals surface area contributed by atoms with Gasteiger partial charge in [-0.15, -0.1) is 0 Å². The van der Waals surface area contributed by atoms with Crippen LogP contribution in [0.25, 0.3) is 11.2 Å². The first-order valence-electron chi connectivity index (χ1n) is 10.8. The number of rotatable bonds is 8. The lowest BCUT2D eigenvalue weighted by Gasteiger charge is -2.16. The standard InChI is InChI=1S/C24H25BrN6O4/c1-15-6-4-5-7-19(15)35-14-18(32)13-31-20-21(29(2)24(34)30(3)22(20)33)27-23(31)28-26-12-16-8-10-17(25)11-9-16/h4-12,18,32H,13-14H2,1-3H3,(H,27,28)/b26-12+/t18-/m1/s1. The summed E-state index contributed by atoms with van der Waals surface area (Å²) < 4.78 is 10.5. The number of nitrogens with one attached hydrogen (secondary N) is 1. The van der Waals surface area contributed by atoms with Gasteiger partial charge in [-0.25, -0.2) is 10.2 Å². The van der Waals surface area contributed by atoms with Gasteiger partial charge in [0.25, 0.3) is 5.56 Å². The van der Waals surface area contributed by atoms with Gasteiger partial charge in [-0.3, -0.25) is 13.9 Å². The minimum Gasteiger partial charge on any atom is -0.491 e. The minimum atomic E-state index is -0.968. The van der Waals surface area contributed by atoms with Crippen LogP contribution in [0.5, 0.6) is 5.75 Å². The first-order chi connectivity index (χ1) is 16.8. The maximum atomic E-state index is 13.0. The molecule has 0 saturated heterocycles. The summed E-state index contributed by atoms with van der Waals surface area (Å²) in [6, 6.07) is 15.0. The summed E-state index contributed by atoms with van der Waals surface area (Å²) in [5.41, 5.74) is 3.97. The fourth-order valence-electron chi connectivity index (χ4n) is 3.59. The number of hydrogen-bond donors (Lipinski definition) is 2. The van der Waals surface area contributed by atoms with E-state index < -0.39 is 17.4 Å². The topological polar surface area (TPSA) is 116 Å². The van der Waals surface area contributed by atoms with Gasteiger partial charge in [-0.1, -0.05) is 46.3 Å². The molecule has 4 rings (SSSR count). The molecule has 35 heavy (non-hydrogen) atoms. The monoisotopic (exact) mass is 540 g/mol. The maximum absolute atomic E-state index is 13.0. The number of fused-ring (bicyclic) bond motifs is 1. The summed E-state index contributed by atoms with van der Waals surface area (Å²) in [5, 5.41) is 15.0. The Morgan fingerprint density at radius 3 is 2.57 bits per heavy atom. The second kappa shape index (κ2) is 10.3. The summed E-state index contributed by atoms with van der Waals surface area (Å²) in [6.45, 7) is 1.91. The summed E-state index contributed by atoms with van der Waals surface area (Å²) in [7, 11) is 2.94. The molecule has 4 aromatic rings. The smallest absolute Gasteiger partial charge is 0.332 e. The number of aliphatic hydroxyl groups is 1. The van der Waals surface area contributed by atoms with Gasteiger partial charge in [-0.05, 0) is 36.2 Å². The summed E-state index contributed by atoms with van der Waals surface area (Å²) >= 11 is 3.39. The number of imidazole rings is 1. The van der Waals surface area contributed by atoms with Crippen LogP contribution in [0.4, 0.5) is 5.95 Å². The normalized spacial score (nSPS) is 12.4. The van der Waals surface area contributed by atoms with Crippen LogP contribution in [-0.4, -0.2) is 42.7 Å². The van der Waals surface area contributed by atoms with E-state index in [4.69, 9.17) is 4.74 Å². The van der Waals surface area contributed by atoms with Crippen molar-refractivity contribution in [1.82, 2.24) is 18.7 Å². The molecule has 11 heteroatoms. The Hall–Kier alpha value is -3.70. The molecule has 0 aliphatic rings. The fraction of sp³-hybridized carbons (Fsp3) is 0.250. The van der Waals surface area contributed by atoms with Gasteiger partial charge in [0.05, 0.1) is 12.8 Å². The van der Waals surface area contributed by atoms with Crippen LogP contribution >= 0.6 is 15.9 Å². The molecular formula is C24H25BrN6O4. The van der Waals surface area contributed by atoms with Crippen LogP contribution in [0, 0.1) is 6.92 Å². The average Bonchev–Trinajstić information content (AvgIpc) is 3.20. The SMILES string of the molecule is Cc1ccccc1OC[C@H](O)Cn1c(N/N=C/c2ccc(Br)cc2)nc2c1c(=O)n(C)c(=O)n2C. The van der Waals surface area contributed by atoms with E-state index in [0.29, 0.717) is 5.75 Å². The van der Waals surface area contributed by atoms with Crippen molar-refractivity contribution in [3.05, 3.63) is 85.0 Å². The third-order valence-electron chi connectivity index (χ3n) is 5.51. The zero-order valence-electron chi connectivity index (χ0n) is 19.5. The molecule has 1 atom stereocenters. The number of aromatic nitrogens is 4. The zero-order chi connectivity index (χ0) is 25.1. The summed E-state index contributed by atoms with van der Waals surface area (Å²) in [4.78, 5) is 29.8. The van der Waals surface area contributed by atoms with Crippen LogP contribution < -0.4 is 21.4 Å². The van der Waals surface area contributed by atoms with Crippen LogP contribution in [-0.2, 0) is 20.6 Å². The number of para-hydroxylation sites is 1. The largest absolute Gasteiger partial charge is 0.491 e. The van der Waals surface area contributed by atoms with E-state index >= 15 is 0 Å². The number of benzene rings is 2. The number of hydrogen-bond acceptors (Lipinski definition) is 7. The summed E-state index contributed by atoms with van der Waals surface area (Å²) in [6.07, 6.45) is 0.635. The highest BCUT2D eigenvalue weighted by atomic mass is 79.9. The molecule has 10 nitrogen and oxygen atoms in total. The summed E-state index contributed by atoms with van der Waals surface area (Å²) in [5.74, 6) is 0.874. The molecule has 0 unspecified atom stereocenters. The first-order valence-corrected chi connectivity index (χ1v) is 11.6. The van der Waals surface area contributed by atoms with Crippen molar-refractivity contribution in [1.29, 1.82) is 0 Å². The first kappa shape index (κ1) is 24.4. The predicted molar refractivity (Wildman–Crippen MR) is 138 cm³/mol. The number of ether oxygens (including phenoxy) is 1. The molecule has 182 valence electrons. The highest BCUT2D eigenvalue weighted by Crippen LogP contribution is 2.19. The van der Waals surface area contributed by atoms with Gasteiger partial charge in [0.2, 0.25) is 5.95 Å². The predicted octanol–water partition coefficient (Wildman–Crippen LogP) is 2.39. The van der Waals surface area contributed by atoms with Crippen molar-refractivity contribution >= 4 is 39.3 Å². The van der Waals surface area contributed by atoms with E-state index in [0.717, 1.165) is 20.2 Å². The molecule has 0 radical (unpaired) electrons. The molecule has 2 aromatic carbocycles. The van der Waals surface area contributed by atoms with E-state index in [2.05, 4.69) is 31.4 Å². The Bertz CT molecular complexity index is 1500. The van der Waals surface area contributed by atoms with Gasteiger partial charge in [-0.2, -0.15) is 10.1 Å². The lowest BCUT2D eigenvalue weighted by molar-refractivity contribution is 0.0935. The third-order valence-corrected chi connectivity index (χ3v) is 6.04. The van der Waals surface area contributed by atoms with E-state index in [-0.39, 0.29) is 30.3 Å². The molecule has 0 aliphatic heterocycles. The number of aliphatic hydroxyl groups excluding tert-OH is 1. The maximum Gasteiger partial charge on any atom is 0.332 e. The van der Waals surface area contributed by atoms with E-state index in [1.54, 1.807) is 6.21 Å². The third kappa shape index (κ3) is 5.20. The quantitative estimate of drug-likeness (QED) is 0.262. The minimum absolute atomic E-state index is 0.00178. The molecule has 0 spiro atoms. The van der Waals surface area contributed by atoms with Gasteiger partial charge in [0, 0.05) is 18.6 Å². The molecule has 0 amide bonds. The highest BCUT2D eigenvalue weighted by molar-refractivity contribution is 9.10. The second-order valence-electron chi connectivity index (χ2n) is 8.08. The molecule has 0 saturated carbocycles. The van der Waals surface area contributed by atoms with Crippen molar-refractivity contribution in [3.63, 3.8) is 0 Å². The molecule has 0 bridgehead atoms. The van der Waals surface area contributed by atoms with Gasteiger partial charge in [0.15, 0.2) is 11.2 Å². The Morgan fingerprint density at radius 1 is 1.14 bits per heavy atom. The molecule has 2 aromatic heterocycles. The molecule has 2 heterocycles. The van der Waals surface area contributed by atoms with E-state index in [1.165, 1.54) is 23.2 Å². The number of nitrogens with zero attached hydrogens (tertiary/aromatic N) is 5. The number of hydrazone groups is 1. The Kier molecular flexibility index (Phi) is 7.17. The number of anilines is 1. The van der Waals surface area contributed by atoms with Crippen molar-refractivity contribution in [2.75, 3.05) is 12.0 Å². The number of aryl methyl sites for hydroxylation is 2. The zero-order valence-corrected chi connectivity index (χ0v) is 21.1. The van der Waals surface area contributed by atoms with Gasteiger partial charge >= 0.3 is 5.69 Å².